The van der Waals surface area contributed by atoms with Gasteiger partial charge in [0.1, 0.15) is 0 Å². The van der Waals surface area contributed by atoms with Gasteiger partial charge in [-0.05, 0) is 31.3 Å². The molecule has 1 aromatic carbocycles. The van der Waals surface area contributed by atoms with Crippen molar-refractivity contribution in [2.24, 2.45) is 0 Å². The first kappa shape index (κ1) is 12.5. The molecule has 1 saturated heterocycles. The molecule has 0 aromatic heterocycles. The van der Waals surface area contributed by atoms with E-state index < -0.39 is 0 Å². The Labute approximate surface area is 110 Å². The fraction of sp³-hybridized carbons (Fsp3) is 0.417. The number of carbonyl (C=O) groups excluding carboxylic acids is 1. The second-order valence-corrected chi connectivity index (χ2v) is 5.18. The van der Waals surface area contributed by atoms with Crippen molar-refractivity contribution in [1.82, 2.24) is 10.2 Å². The van der Waals surface area contributed by atoms with Crippen molar-refractivity contribution in [2.75, 3.05) is 32.0 Å². The van der Waals surface area contributed by atoms with E-state index in [4.69, 9.17) is 0 Å². The minimum Gasteiger partial charge on any atom is -0.325 e. The quantitative estimate of drug-likeness (QED) is 0.865. The molecule has 92 valence electrons. The lowest BCUT2D eigenvalue weighted by Gasteiger charge is -2.29. The highest BCUT2D eigenvalue weighted by Gasteiger charge is 2.23. The molecule has 17 heavy (non-hydrogen) atoms. The first-order valence-electron chi connectivity index (χ1n) is 5.63. The molecule has 1 fully saturated rings. The molecule has 1 aliphatic rings. The van der Waals surface area contributed by atoms with Crippen molar-refractivity contribution in [2.45, 2.75) is 6.04 Å². The number of likely N-dealkylation sites (N-methyl/N-ethyl adjacent to an activating group) is 1. The largest absolute Gasteiger partial charge is 0.325 e. The predicted molar refractivity (Wildman–Crippen MR) is 72.1 cm³/mol. The average Bonchev–Trinajstić information content (AvgIpc) is 2.32. The van der Waals surface area contributed by atoms with Gasteiger partial charge in [-0.15, -0.1) is 0 Å². The van der Waals surface area contributed by atoms with E-state index in [1.807, 2.05) is 31.3 Å². The van der Waals surface area contributed by atoms with Crippen LogP contribution in [-0.2, 0) is 4.79 Å². The van der Waals surface area contributed by atoms with Crippen LogP contribution in [-0.4, -0.2) is 43.5 Å². The van der Waals surface area contributed by atoms with Crippen LogP contribution >= 0.6 is 15.9 Å². The Hall–Kier alpha value is -0.910. The van der Waals surface area contributed by atoms with Gasteiger partial charge in [-0.3, -0.25) is 4.79 Å². The number of piperazine rings is 1. The molecular weight excluding hydrogens is 282 g/mol. The Morgan fingerprint density at radius 2 is 2.18 bits per heavy atom. The van der Waals surface area contributed by atoms with Gasteiger partial charge < -0.3 is 15.5 Å². The normalized spacial score (nSPS) is 21.2. The van der Waals surface area contributed by atoms with Crippen LogP contribution in [0.5, 0.6) is 0 Å². The van der Waals surface area contributed by atoms with Gasteiger partial charge in [0, 0.05) is 29.8 Å². The summed E-state index contributed by atoms with van der Waals surface area (Å²) in [7, 11) is 2.03. The third-order valence-corrected chi connectivity index (χ3v) is 3.34. The van der Waals surface area contributed by atoms with Crippen molar-refractivity contribution in [1.29, 1.82) is 0 Å². The molecule has 2 N–H and O–H groups in total. The Morgan fingerprint density at radius 3 is 2.82 bits per heavy atom. The fourth-order valence-corrected chi connectivity index (χ4v) is 2.10. The van der Waals surface area contributed by atoms with Crippen molar-refractivity contribution >= 4 is 27.5 Å². The van der Waals surface area contributed by atoms with Crippen molar-refractivity contribution in [3.63, 3.8) is 0 Å². The molecular formula is C12H16BrN3O. The van der Waals surface area contributed by atoms with E-state index in [1.165, 1.54) is 0 Å². The van der Waals surface area contributed by atoms with E-state index in [2.05, 4.69) is 31.5 Å². The van der Waals surface area contributed by atoms with Gasteiger partial charge in [0.05, 0.1) is 6.04 Å². The second-order valence-electron chi connectivity index (χ2n) is 4.27. The third kappa shape index (κ3) is 3.52. The lowest BCUT2D eigenvalue weighted by molar-refractivity contribution is -0.119. The summed E-state index contributed by atoms with van der Waals surface area (Å²) >= 11 is 3.36. The Morgan fingerprint density at radius 1 is 1.47 bits per heavy atom. The van der Waals surface area contributed by atoms with Crippen LogP contribution in [0.3, 0.4) is 0 Å². The zero-order valence-electron chi connectivity index (χ0n) is 9.74. The number of amides is 1. The predicted octanol–water partition coefficient (Wildman–Crippen LogP) is 1.29. The van der Waals surface area contributed by atoms with Crippen LogP contribution in [0.4, 0.5) is 5.69 Å². The molecule has 1 atom stereocenters. The SMILES string of the molecule is CN1CCNC(C(=O)Nc2ccc(Br)cc2)C1. The second kappa shape index (κ2) is 5.62. The van der Waals surface area contributed by atoms with E-state index in [-0.39, 0.29) is 11.9 Å². The molecule has 1 heterocycles. The summed E-state index contributed by atoms with van der Waals surface area (Å²) in [5.74, 6) is 0.0267. The fourth-order valence-electron chi connectivity index (χ4n) is 1.84. The lowest BCUT2D eigenvalue weighted by atomic mass is 10.2. The van der Waals surface area contributed by atoms with E-state index >= 15 is 0 Å². The molecule has 0 radical (unpaired) electrons. The summed E-state index contributed by atoms with van der Waals surface area (Å²) in [5.41, 5.74) is 0.827. The van der Waals surface area contributed by atoms with Crippen molar-refractivity contribution < 1.29 is 4.79 Å². The van der Waals surface area contributed by atoms with Crippen LogP contribution in [0.2, 0.25) is 0 Å². The summed E-state index contributed by atoms with van der Waals surface area (Å²) in [5, 5.41) is 6.13. The molecule has 1 amide bonds. The van der Waals surface area contributed by atoms with Crippen LogP contribution in [0.15, 0.2) is 28.7 Å². The highest BCUT2D eigenvalue weighted by Crippen LogP contribution is 2.14. The van der Waals surface area contributed by atoms with Gasteiger partial charge in [-0.25, -0.2) is 0 Å². The van der Waals surface area contributed by atoms with Crippen LogP contribution in [0.1, 0.15) is 0 Å². The highest BCUT2D eigenvalue weighted by atomic mass is 79.9. The van der Waals surface area contributed by atoms with E-state index in [0.29, 0.717) is 0 Å². The number of hydrogen-bond donors (Lipinski definition) is 2. The van der Waals surface area contributed by atoms with Gasteiger partial charge >= 0.3 is 0 Å². The summed E-state index contributed by atoms with van der Waals surface area (Å²) in [6.07, 6.45) is 0. The Balaban J connectivity index is 1.94. The van der Waals surface area contributed by atoms with E-state index in [9.17, 15) is 4.79 Å². The zero-order chi connectivity index (χ0) is 12.3. The number of carbonyl (C=O) groups is 1. The summed E-state index contributed by atoms with van der Waals surface area (Å²) in [6.45, 7) is 2.60. The van der Waals surface area contributed by atoms with Gasteiger partial charge in [0.25, 0.3) is 0 Å². The number of nitrogens with zero attached hydrogens (tertiary/aromatic N) is 1. The summed E-state index contributed by atoms with van der Waals surface area (Å²) < 4.78 is 1.01. The van der Waals surface area contributed by atoms with Crippen LogP contribution in [0, 0.1) is 0 Å². The standard InChI is InChI=1S/C12H16BrN3O/c1-16-7-6-14-11(8-16)12(17)15-10-4-2-9(13)3-5-10/h2-5,11,14H,6-8H2,1H3,(H,15,17). The first-order chi connectivity index (χ1) is 8.15. The number of halogens is 1. The molecule has 5 heteroatoms. The number of benzene rings is 1. The lowest BCUT2D eigenvalue weighted by Crippen LogP contribution is -2.54. The molecule has 0 saturated carbocycles. The van der Waals surface area contributed by atoms with Crippen LogP contribution < -0.4 is 10.6 Å². The zero-order valence-corrected chi connectivity index (χ0v) is 11.3. The molecule has 4 nitrogen and oxygen atoms in total. The summed E-state index contributed by atoms with van der Waals surface area (Å²) in [4.78, 5) is 14.1. The first-order valence-corrected chi connectivity index (χ1v) is 6.43. The minimum atomic E-state index is -0.127. The monoisotopic (exact) mass is 297 g/mol. The molecule has 1 unspecified atom stereocenters. The van der Waals surface area contributed by atoms with Gasteiger partial charge in [0.15, 0.2) is 0 Å². The van der Waals surface area contributed by atoms with Gasteiger partial charge in [-0.1, -0.05) is 15.9 Å². The maximum Gasteiger partial charge on any atom is 0.242 e. The molecule has 0 bridgehead atoms. The Kier molecular flexibility index (Phi) is 4.15. The molecule has 1 aliphatic heterocycles. The molecule has 0 spiro atoms. The number of rotatable bonds is 2. The average molecular weight is 298 g/mol. The topological polar surface area (TPSA) is 44.4 Å². The number of anilines is 1. The van der Waals surface area contributed by atoms with Crippen molar-refractivity contribution in [3.05, 3.63) is 28.7 Å². The molecule has 2 rings (SSSR count). The maximum absolute atomic E-state index is 12.0. The highest BCUT2D eigenvalue weighted by molar-refractivity contribution is 9.10. The molecule has 0 aliphatic carbocycles. The smallest absolute Gasteiger partial charge is 0.242 e. The van der Waals surface area contributed by atoms with Gasteiger partial charge in [-0.2, -0.15) is 0 Å². The summed E-state index contributed by atoms with van der Waals surface area (Å²) in [6, 6.07) is 7.46. The number of nitrogens with one attached hydrogen (secondary N) is 2. The molecule has 1 aromatic rings. The van der Waals surface area contributed by atoms with E-state index in [0.717, 1.165) is 29.8 Å². The van der Waals surface area contributed by atoms with Gasteiger partial charge in [0.2, 0.25) is 5.91 Å². The Bertz CT molecular complexity index is 393. The van der Waals surface area contributed by atoms with Crippen LogP contribution in [0.25, 0.3) is 0 Å². The maximum atomic E-state index is 12.0. The van der Waals surface area contributed by atoms with E-state index in [1.54, 1.807) is 0 Å². The minimum absolute atomic E-state index is 0.0267. The number of hydrogen-bond acceptors (Lipinski definition) is 3. The van der Waals surface area contributed by atoms with Crippen molar-refractivity contribution in [3.8, 4) is 0 Å². The third-order valence-electron chi connectivity index (χ3n) is 2.81.